The molecule has 0 spiro atoms. The molecule has 0 heterocycles. The highest BCUT2D eigenvalue weighted by Gasteiger charge is 2.17. The molecule has 0 bridgehead atoms. The van der Waals surface area contributed by atoms with E-state index in [0.717, 1.165) is 0 Å². The standard InChI is InChI=1S/C11H20O4/c1-8(10(13)14)6-5-7-9(12)15-11(2,3)4/h8H,5-7H2,1-4H3,(H,13,14)/t8-/m0/s1. The molecule has 0 aromatic carbocycles. The average molecular weight is 216 g/mol. The van der Waals surface area contributed by atoms with Crippen LogP contribution in [-0.2, 0) is 14.3 Å². The Morgan fingerprint density at radius 3 is 2.27 bits per heavy atom. The predicted molar refractivity (Wildman–Crippen MR) is 56.5 cm³/mol. The molecule has 0 aromatic heterocycles. The van der Waals surface area contributed by atoms with Crippen LogP contribution in [0.5, 0.6) is 0 Å². The number of carbonyl (C=O) groups excluding carboxylic acids is 1. The van der Waals surface area contributed by atoms with Gasteiger partial charge in [0.15, 0.2) is 0 Å². The van der Waals surface area contributed by atoms with Crippen LogP contribution in [-0.4, -0.2) is 22.6 Å². The molecule has 0 saturated carbocycles. The number of hydrogen-bond acceptors (Lipinski definition) is 3. The number of rotatable bonds is 5. The van der Waals surface area contributed by atoms with E-state index in [2.05, 4.69) is 0 Å². The molecule has 88 valence electrons. The second-order valence-electron chi connectivity index (χ2n) is 4.72. The van der Waals surface area contributed by atoms with Crippen molar-refractivity contribution in [3.05, 3.63) is 0 Å². The molecular formula is C11H20O4. The molecule has 4 heteroatoms. The summed E-state index contributed by atoms with van der Waals surface area (Å²) in [7, 11) is 0. The molecular weight excluding hydrogens is 196 g/mol. The Balaban J connectivity index is 3.69. The van der Waals surface area contributed by atoms with Crippen molar-refractivity contribution in [1.82, 2.24) is 0 Å². The van der Waals surface area contributed by atoms with Gasteiger partial charge in [-0.05, 0) is 33.6 Å². The van der Waals surface area contributed by atoms with Gasteiger partial charge < -0.3 is 9.84 Å². The SMILES string of the molecule is C[C@@H](CCCC(=O)OC(C)(C)C)C(=O)O. The summed E-state index contributed by atoms with van der Waals surface area (Å²) >= 11 is 0. The van der Waals surface area contributed by atoms with E-state index in [1.165, 1.54) is 0 Å². The molecule has 0 amide bonds. The van der Waals surface area contributed by atoms with Crippen LogP contribution < -0.4 is 0 Å². The molecule has 15 heavy (non-hydrogen) atoms. The zero-order valence-electron chi connectivity index (χ0n) is 9.87. The first kappa shape index (κ1) is 13.9. The van der Waals surface area contributed by atoms with Crippen LogP contribution >= 0.6 is 0 Å². The van der Waals surface area contributed by atoms with E-state index in [-0.39, 0.29) is 12.4 Å². The third-order valence-corrected chi connectivity index (χ3v) is 1.86. The molecule has 0 rings (SSSR count). The lowest BCUT2D eigenvalue weighted by Gasteiger charge is -2.19. The molecule has 0 aromatic rings. The molecule has 0 fully saturated rings. The van der Waals surface area contributed by atoms with Crippen molar-refractivity contribution in [2.45, 2.75) is 52.6 Å². The molecule has 0 aliphatic rings. The molecule has 1 atom stereocenters. The summed E-state index contributed by atoms with van der Waals surface area (Å²) in [5.74, 6) is -1.48. The van der Waals surface area contributed by atoms with Crippen molar-refractivity contribution < 1.29 is 19.4 Å². The maximum absolute atomic E-state index is 11.2. The summed E-state index contributed by atoms with van der Waals surface area (Å²) < 4.78 is 5.09. The summed E-state index contributed by atoms with van der Waals surface area (Å²) in [6.45, 7) is 7.07. The van der Waals surface area contributed by atoms with E-state index in [1.807, 2.05) is 20.8 Å². The maximum Gasteiger partial charge on any atom is 0.306 e. The summed E-state index contributed by atoms with van der Waals surface area (Å²) in [5, 5.41) is 8.62. The highest BCUT2D eigenvalue weighted by molar-refractivity contribution is 5.71. The van der Waals surface area contributed by atoms with Crippen molar-refractivity contribution in [1.29, 1.82) is 0 Å². The zero-order chi connectivity index (χ0) is 12.1. The topological polar surface area (TPSA) is 63.6 Å². The Bertz CT molecular complexity index is 227. The molecule has 0 radical (unpaired) electrons. The fourth-order valence-electron chi connectivity index (χ4n) is 1.07. The lowest BCUT2D eigenvalue weighted by molar-refractivity contribution is -0.155. The molecule has 0 unspecified atom stereocenters. The minimum atomic E-state index is -0.820. The third-order valence-electron chi connectivity index (χ3n) is 1.86. The summed E-state index contributed by atoms with van der Waals surface area (Å²) in [4.78, 5) is 21.7. The van der Waals surface area contributed by atoms with Gasteiger partial charge in [-0.1, -0.05) is 6.92 Å². The minimum Gasteiger partial charge on any atom is -0.481 e. The van der Waals surface area contributed by atoms with E-state index in [0.29, 0.717) is 12.8 Å². The van der Waals surface area contributed by atoms with Crippen molar-refractivity contribution in [2.24, 2.45) is 5.92 Å². The Morgan fingerprint density at radius 1 is 1.33 bits per heavy atom. The van der Waals surface area contributed by atoms with Gasteiger partial charge in [0.1, 0.15) is 5.60 Å². The number of aliphatic carboxylic acids is 1. The van der Waals surface area contributed by atoms with Gasteiger partial charge in [-0.3, -0.25) is 9.59 Å². The molecule has 0 aliphatic heterocycles. The highest BCUT2D eigenvalue weighted by Crippen LogP contribution is 2.12. The zero-order valence-corrected chi connectivity index (χ0v) is 9.87. The number of carboxylic acids is 1. The van der Waals surface area contributed by atoms with Crippen LogP contribution in [0.1, 0.15) is 47.0 Å². The Hall–Kier alpha value is -1.06. The van der Waals surface area contributed by atoms with Crippen molar-refractivity contribution in [3.63, 3.8) is 0 Å². The highest BCUT2D eigenvalue weighted by atomic mass is 16.6. The van der Waals surface area contributed by atoms with Gasteiger partial charge in [-0.15, -0.1) is 0 Å². The molecule has 0 aliphatic carbocycles. The van der Waals surface area contributed by atoms with Gasteiger partial charge in [-0.2, -0.15) is 0 Å². The average Bonchev–Trinajstić information content (AvgIpc) is 2.00. The van der Waals surface area contributed by atoms with E-state index in [4.69, 9.17) is 9.84 Å². The number of carbonyl (C=O) groups is 2. The largest absolute Gasteiger partial charge is 0.481 e. The monoisotopic (exact) mass is 216 g/mol. The number of esters is 1. The lowest BCUT2D eigenvalue weighted by atomic mass is 10.0. The van der Waals surface area contributed by atoms with Gasteiger partial charge >= 0.3 is 11.9 Å². The van der Waals surface area contributed by atoms with Gasteiger partial charge in [-0.25, -0.2) is 0 Å². The Kier molecular flexibility index (Phi) is 5.33. The Labute approximate surface area is 90.6 Å². The Morgan fingerprint density at radius 2 is 1.87 bits per heavy atom. The maximum atomic E-state index is 11.2. The number of carboxylic acid groups (broad SMARTS) is 1. The smallest absolute Gasteiger partial charge is 0.306 e. The van der Waals surface area contributed by atoms with Gasteiger partial charge in [0.25, 0.3) is 0 Å². The molecule has 4 nitrogen and oxygen atoms in total. The van der Waals surface area contributed by atoms with E-state index in [9.17, 15) is 9.59 Å². The second-order valence-corrected chi connectivity index (χ2v) is 4.72. The summed E-state index contributed by atoms with van der Waals surface area (Å²) in [6.07, 6.45) is 1.35. The number of hydrogen-bond donors (Lipinski definition) is 1. The first-order valence-corrected chi connectivity index (χ1v) is 5.17. The van der Waals surface area contributed by atoms with Gasteiger partial charge in [0.05, 0.1) is 5.92 Å². The van der Waals surface area contributed by atoms with Crippen molar-refractivity contribution in [2.75, 3.05) is 0 Å². The van der Waals surface area contributed by atoms with Crippen molar-refractivity contribution in [3.8, 4) is 0 Å². The predicted octanol–water partition coefficient (Wildman–Crippen LogP) is 2.22. The second kappa shape index (κ2) is 5.73. The van der Waals surface area contributed by atoms with E-state index in [1.54, 1.807) is 6.92 Å². The number of ether oxygens (including phenoxy) is 1. The van der Waals surface area contributed by atoms with Crippen LogP contribution in [0.2, 0.25) is 0 Å². The van der Waals surface area contributed by atoms with E-state index < -0.39 is 17.5 Å². The quantitative estimate of drug-likeness (QED) is 0.716. The minimum absolute atomic E-state index is 0.264. The van der Waals surface area contributed by atoms with Crippen LogP contribution in [0.15, 0.2) is 0 Å². The lowest BCUT2D eigenvalue weighted by Crippen LogP contribution is -2.23. The first-order valence-electron chi connectivity index (χ1n) is 5.17. The van der Waals surface area contributed by atoms with Crippen LogP contribution in [0.25, 0.3) is 0 Å². The fraction of sp³-hybridized carbons (Fsp3) is 0.818. The van der Waals surface area contributed by atoms with Gasteiger partial charge in [0.2, 0.25) is 0 Å². The third kappa shape index (κ3) is 7.97. The van der Waals surface area contributed by atoms with Gasteiger partial charge in [0, 0.05) is 6.42 Å². The van der Waals surface area contributed by atoms with Crippen LogP contribution in [0.4, 0.5) is 0 Å². The molecule has 1 N–H and O–H groups in total. The first-order chi connectivity index (χ1) is 6.72. The molecule has 0 saturated heterocycles. The fourth-order valence-corrected chi connectivity index (χ4v) is 1.07. The van der Waals surface area contributed by atoms with E-state index >= 15 is 0 Å². The van der Waals surface area contributed by atoms with Crippen LogP contribution in [0, 0.1) is 5.92 Å². The summed E-state index contributed by atoms with van der Waals surface area (Å²) in [5.41, 5.74) is -0.463. The summed E-state index contributed by atoms with van der Waals surface area (Å²) in [6, 6.07) is 0. The van der Waals surface area contributed by atoms with Crippen LogP contribution in [0.3, 0.4) is 0 Å². The normalized spacial score (nSPS) is 13.3. The van der Waals surface area contributed by atoms with Crippen molar-refractivity contribution >= 4 is 11.9 Å².